The molecule has 31 heavy (non-hydrogen) atoms. The molecule has 0 atom stereocenters. The Kier molecular flexibility index (Phi) is 8.38. The van der Waals surface area contributed by atoms with E-state index in [4.69, 9.17) is 4.74 Å². The van der Waals surface area contributed by atoms with Crippen LogP contribution in [0.25, 0.3) is 0 Å². The van der Waals surface area contributed by atoms with E-state index in [0.717, 1.165) is 0 Å². The number of benzene rings is 2. The fourth-order valence-electron chi connectivity index (χ4n) is 2.51. The molecule has 162 valence electrons. The van der Waals surface area contributed by atoms with Gasteiger partial charge >= 0.3 is 5.97 Å². The quantitative estimate of drug-likeness (QED) is 0.256. The van der Waals surface area contributed by atoms with E-state index >= 15 is 0 Å². The molecular weight excluding hydrogens is 406 g/mol. The van der Waals surface area contributed by atoms with Crippen LogP contribution >= 0.6 is 0 Å². The standard InChI is InChI=1S/C21H21N3O7/c1-14(25)15-4-2-5-17(12-15)23-20(27)13-31-21(28)7-3-6-19(26)22-16-8-10-18(11-9-16)24(29)30/h2,4-5,8-12H,3,6-7,13H2,1H3,(H,22,26)(H,23,27). The Balaban J connectivity index is 1.66. The van der Waals surface area contributed by atoms with Crippen LogP contribution in [0, 0.1) is 10.1 Å². The van der Waals surface area contributed by atoms with Crippen LogP contribution in [0.1, 0.15) is 36.5 Å². The van der Waals surface area contributed by atoms with Gasteiger partial charge in [-0.15, -0.1) is 0 Å². The second-order valence-electron chi connectivity index (χ2n) is 6.55. The summed E-state index contributed by atoms with van der Waals surface area (Å²) in [5.74, 6) is -1.68. The molecule has 2 aromatic carbocycles. The van der Waals surface area contributed by atoms with Crippen LogP contribution in [0.15, 0.2) is 48.5 Å². The van der Waals surface area contributed by atoms with Crippen molar-refractivity contribution in [1.29, 1.82) is 0 Å². The van der Waals surface area contributed by atoms with Gasteiger partial charge in [-0.05, 0) is 37.6 Å². The van der Waals surface area contributed by atoms with Gasteiger partial charge in [0.25, 0.3) is 11.6 Å². The number of hydrogen-bond donors (Lipinski definition) is 2. The molecule has 0 bridgehead atoms. The second-order valence-corrected chi connectivity index (χ2v) is 6.55. The van der Waals surface area contributed by atoms with E-state index in [1.807, 2.05) is 0 Å². The van der Waals surface area contributed by atoms with Crippen LogP contribution in [0.3, 0.4) is 0 Å². The van der Waals surface area contributed by atoms with E-state index in [1.54, 1.807) is 18.2 Å². The van der Waals surface area contributed by atoms with Crippen molar-refractivity contribution in [3.05, 3.63) is 64.2 Å². The zero-order chi connectivity index (χ0) is 22.8. The Morgan fingerprint density at radius 2 is 1.61 bits per heavy atom. The van der Waals surface area contributed by atoms with Gasteiger partial charge in [0, 0.05) is 41.9 Å². The topological polar surface area (TPSA) is 145 Å². The molecule has 0 aliphatic carbocycles. The van der Waals surface area contributed by atoms with Gasteiger partial charge in [0.05, 0.1) is 4.92 Å². The van der Waals surface area contributed by atoms with Crippen LogP contribution in [0.5, 0.6) is 0 Å². The molecule has 0 heterocycles. The van der Waals surface area contributed by atoms with E-state index in [1.165, 1.54) is 37.3 Å². The van der Waals surface area contributed by atoms with Gasteiger partial charge in [0.15, 0.2) is 12.4 Å². The zero-order valence-corrected chi connectivity index (χ0v) is 16.8. The first kappa shape index (κ1) is 23.2. The molecule has 2 N–H and O–H groups in total. The second kappa shape index (κ2) is 11.2. The molecular formula is C21H21N3O7. The van der Waals surface area contributed by atoms with Crippen LogP contribution in [0.4, 0.5) is 17.1 Å². The number of nitro groups is 1. The third kappa shape index (κ3) is 8.05. The number of nitrogens with one attached hydrogen (secondary N) is 2. The summed E-state index contributed by atoms with van der Waals surface area (Å²) in [6.07, 6.45) is 0.191. The van der Waals surface area contributed by atoms with Gasteiger partial charge < -0.3 is 15.4 Å². The van der Waals surface area contributed by atoms with Crippen LogP contribution in [0.2, 0.25) is 0 Å². The molecule has 0 spiro atoms. The SMILES string of the molecule is CC(=O)c1cccc(NC(=O)COC(=O)CCCC(=O)Nc2ccc([N+](=O)[O-])cc2)c1. The van der Waals surface area contributed by atoms with Crippen LogP contribution < -0.4 is 10.6 Å². The normalized spacial score (nSPS) is 10.1. The summed E-state index contributed by atoms with van der Waals surface area (Å²) in [4.78, 5) is 56.9. The summed E-state index contributed by atoms with van der Waals surface area (Å²) in [6, 6.07) is 11.7. The minimum atomic E-state index is -0.629. The third-order valence-corrected chi connectivity index (χ3v) is 4.06. The first-order valence-electron chi connectivity index (χ1n) is 9.35. The number of ketones is 1. The molecule has 10 nitrogen and oxygen atoms in total. The molecule has 2 rings (SSSR count). The Labute approximate surface area is 177 Å². The van der Waals surface area contributed by atoms with E-state index < -0.39 is 23.4 Å². The van der Waals surface area contributed by atoms with Crippen molar-refractivity contribution in [3.63, 3.8) is 0 Å². The average molecular weight is 427 g/mol. The number of hydrogen-bond acceptors (Lipinski definition) is 7. The fourth-order valence-corrected chi connectivity index (χ4v) is 2.51. The first-order valence-corrected chi connectivity index (χ1v) is 9.35. The molecule has 0 saturated carbocycles. The number of anilines is 2. The van der Waals surface area contributed by atoms with Crippen molar-refractivity contribution in [2.45, 2.75) is 26.2 Å². The molecule has 0 aliphatic heterocycles. The molecule has 0 unspecified atom stereocenters. The predicted molar refractivity (Wildman–Crippen MR) is 112 cm³/mol. The van der Waals surface area contributed by atoms with Gasteiger partial charge in [-0.25, -0.2) is 0 Å². The highest BCUT2D eigenvalue weighted by atomic mass is 16.6. The average Bonchev–Trinajstić information content (AvgIpc) is 2.73. The predicted octanol–water partition coefficient (Wildman–Crippen LogP) is 3.09. The van der Waals surface area contributed by atoms with Gasteiger partial charge in [0.2, 0.25) is 5.91 Å². The van der Waals surface area contributed by atoms with Crippen LogP contribution in [-0.2, 0) is 19.1 Å². The molecule has 0 fully saturated rings. The Morgan fingerprint density at radius 1 is 0.935 bits per heavy atom. The number of ether oxygens (including phenoxy) is 1. The number of carbonyl (C=O) groups is 4. The highest BCUT2D eigenvalue weighted by Gasteiger charge is 2.11. The summed E-state index contributed by atoms with van der Waals surface area (Å²) in [7, 11) is 0. The number of amides is 2. The highest BCUT2D eigenvalue weighted by Crippen LogP contribution is 2.16. The largest absolute Gasteiger partial charge is 0.456 e. The van der Waals surface area contributed by atoms with Crippen LogP contribution in [-0.4, -0.2) is 35.1 Å². The smallest absolute Gasteiger partial charge is 0.306 e. The lowest BCUT2D eigenvalue weighted by molar-refractivity contribution is -0.384. The Bertz CT molecular complexity index is 987. The number of non-ortho nitro benzene ring substituents is 1. The van der Waals surface area contributed by atoms with E-state index in [9.17, 15) is 29.3 Å². The fraction of sp³-hybridized carbons (Fsp3) is 0.238. The number of nitrogens with zero attached hydrogens (tertiary/aromatic N) is 1. The Morgan fingerprint density at radius 3 is 2.26 bits per heavy atom. The minimum Gasteiger partial charge on any atom is -0.456 e. The lowest BCUT2D eigenvalue weighted by Crippen LogP contribution is -2.21. The maximum absolute atomic E-state index is 11.9. The number of rotatable bonds is 10. The van der Waals surface area contributed by atoms with Crippen molar-refractivity contribution in [2.75, 3.05) is 17.2 Å². The van der Waals surface area contributed by atoms with Gasteiger partial charge in [-0.3, -0.25) is 29.3 Å². The first-order chi connectivity index (χ1) is 14.7. The lowest BCUT2D eigenvalue weighted by atomic mass is 10.1. The number of nitro benzene ring substituents is 1. The molecule has 0 aromatic heterocycles. The maximum Gasteiger partial charge on any atom is 0.306 e. The molecule has 10 heteroatoms. The van der Waals surface area contributed by atoms with E-state index in [2.05, 4.69) is 10.6 Å². The summed E-state index contributed by atoms with van der Waals surface area (Å²) in [6.45, 7) is 0.924. The number of esters is 1. The van der Waals surface area contributed by atoms with Crippen molar-refractivity contribution in [1.82, 2.24) is 0 Å². The van der Waals surface area contributed by atoms with Crippen molar-refractivity contribution in [2.24, 2.45) is 0 Å². The molecule has 2 aromatic rings. The zero-order valence-electron chi connectivity index (χ0n) is 16.8. The molecule has 0 radical (unpaired) electrons. The lowest BCUT2D eigenvalue weighted by Gasteiger charge is -2.08. The minimum absolute atomic E-state index is 0.0378. The monoisotopic (exact) mass is 427 g/mol. The molecule has 0 saturated heterocycles. The van der Waals surface area contributed by atoms with Gasteiger partial charge in [-0.2, -0.15) is 0 Å². The van der Waals surface area contributed by atoms with Gasteiger partial charge in [0.1, 0.15) is 0 Å². The van der Waals surface area contributed by atoms with Crippen molar-refractivity contribution in [3.8, 4) is 0 Å². The molecule has 2 amide bonds. The van der Waals surface area contributed by atoms with E-state index in [0.29, 0.717) is 16.9 Å². The maximum atomic E-state index is 11.9. The highest BCUT2D eigenvalue weighted by molar-refractivity contribution is 5.97. The summed E-state index contributed by atoms with van der Waals surface area (Å²) in [5.41, 5.74) is 1.18. The summed E-state index contributed by atoms with van der Waals surface area (Å²) >= 11 is 0. The third-order valence-electron chi connectivity index (χ3n) is 4.06. The van der Waals surface area contributed by atoms with Crippen molar-refractivity contribution >= 4 is 40.6 Å². The summed E-state index contributed by atoms with van der Waals surface area (Å²) in [5, 5.41) is 15.7. The molecule has 0 aliphatic rings. The number of carbonyl (C=O) groups excluding carboxylic acids is 4. The summed E-state index contributed by atoms with van der Waals surface area (Å²) < 4.78 is 4.88. The Hall–Kier alpha value is -4.08. The van der Waals surface area contributed by atoms with Crippen molar-refractivity contribution < 1.29 is 28.8 Å². The van der Waals surface area contributed by atoms with Gasteiger partial charge in [-0.1, -0.05) is 12.1 Å². The van der Waals surface area contributed by atoms with E-state index in [-0.39, 0.29) is 36.6 Å². The number of Topliss-reactive ketones (excluding diaryl/α,β-unsaturated/α-hetero) is 1.